The van der Waals surface area contributed by atoms with Crippen molar-refractivity contribution in [3.8, 4) is 0 Å². The van der Waals surface area contributed by atoms with Gasteiger partial charge in [-0.1, -0.05) is 0 Å². The van der Waals surface area contributed by atoms with Crippen molar-refractivity contribution in [2.75, 3.05) is 39.8 Å². The molecule has 1 rings (SSSR count). The molecule has 35 heavy (non-hydrogen) atoms. The molecule has 11 heteroatoms. The molecule has 1 heterocycles. The Kier molecular flexibility index (Phi) is 12.1. The summed E-state index contributed by atoms with van der Waals surface area (Å²) in [4.78, 5) is 52.0. The minimum atomic E-state index is -1.05. The van der Waals surface area contributed by atoms with Crippen LogP contribution in [0, 0.1) is 11.8 Å². The van der Waals surface area contributed by atoms with E-state index >= 15 is 0 Å². The molecule has 1 aliphatic heterocycles. The lowest BCUT2D eigenvalue weighted by atomic mass is 9.88. The summed E-state index contributed by atoms with van der Waals surface area (Å²) in [6, 6.07) is 0. The van der Waals surface area contributed by atoms with Gasteiger partial charge in [0.05, 0.1) is 39.8 Å². The van der Waals surface area contributed by atoms with Crippen molar-refractivity contribution in [1.82, 2.24) is 15.3 Å². The molecule has 0 amide bonds. The van der Waals surface area contributed by atoms with Gasteiger partial charge in [0.25, 0.3) is 0 Å². The summed E-state index contributed by atoms with van der Waals surface area (Å²) in [6.45, 7) is 16.0. The van der Waals surface area contributed by atoms with Crippen LogP contribution in [0.5, 0.6) is 0 Å². The van der Waals surface area contributed by atoms with E-state index in [0.717, 1.165) is 0 Å². The number of carbonyl (C=O) groups excluding carboxylic acids is 4. The van der Waals surface area contributed by atoms with Crippen LogP contribution in [0.4, 0.5) is 0 Å². The fourth-order valence-corrected chi connectivity index (χ4v) is 3.99. The van der Waals surface area contributed by atoms with Gasteiger partial charge < -0.3 is 18.9 Å². The van der Waals surface area contributed by atoms with Crippen LogP contribution in [0.15, 0.2) is 0 Å². The third-order valence-electron chi connectivity index (χ3n) is 6.04. The largest absolute Gasteiger partial charge is 0.465 e. The number of esters is 4. The first-order valence-corrected chi connectivity index (χ1v) is 12.3. The lowest BCUT2D eigenvalue weighted by Crippen LogP contribution is -2.52. The second-order valence-electron chi connectivity index (χ2n) is 9.57. The van der Waals surface area contributed by atoms with Gasteiger partial charge in [-0.05, 0) is 68.2 Å². The molecule has 1 aliphatic rings. The van der Waals surface area contributed by atoms with Gasteiger partial charge in [0.1, 0.15) is 0 Å². The first-order chi connectivity index (χ1) is 16.3. The highest BCUT2D eigenvalue weighted by Crippen LogP contribution is 2.31. The molecule has 1 fully saturated rings. The van der Waals surface area contributed by atoms with Crippen molar-refractivity contribution in [2.24, 2.45) is 11.8 Å². The lowest BCUT2D eigenvalue weighted by Gasteiger charge is -2.39. The first-order valence-electron chi connectivity index (χ1n) is 12.3. The SMILES string of the molecule is CCOC(=O)C(CC(C)(C)N1CNN(C(C)(C)CC(C(=O)OCC)C(=O)OCC)C1)C(=O)OCC. The zero-order chi connectivity index (χ0) is 26.8. The second-order valence-corrected chi connectivity index (χ2v) is 9.57. The smallest absolute Gasteiger partial charge is 0.320 e. The highest BCUT2D eigenvalue weighted by atomic mass is 16.6. The molecule has 11 nitrogen and oxygen atoms in total. The summed E-state index contributed by atoms with van der Waals surface area (Å²) < 4.78 is 20.4. The number of hydrogen-bond donors (Lipinski definition) is 1. The third-order valence-corrected chi connectivity index (χ3v) is 6.04. The van der Waals surface area contributed by atoms with E-state index in [1.807, 2.05) is 32.7 Å². The lowest BCUT2D eigenvalue weighted by molar-refractivity contribution is -0.165. The zero-order valence-corrected chi connectivity index (χ0v) is 22.5. The van der Waals surface area contributed by atoms with Gasteiger partial charge in [-0.3, -0.25) is 24.1 Å². The number of rotatable bonds is 14. The number of nitrogens with one attached hydrogen (secondary N) is 1. The van der Waals surface area contributed by atoms with Crippen LogP contribution in [-0.2, 0) is 38.1 Å². The van der Waals surface area contributed by atoms with Gasteiger partial charge in [-0.25, -0.2) is 10.4 Å². The molecule has 0 aromatic carbocycles. The molecular formula is C24H43N3O8. The Bertz CT molecular complexity index is 644. The van der Waals surface area contributed by atoms with E-state index in [0.29, 0.717) is 13.3 Å². The van der Waals surface area contributed by atoms with Gasteiger partial charge in [0.15, 0.2) is 11.8 Å². The predicted octanol–water partition coefficient (Wildman–Crippen LogP) is 1.85. The third kappa shape index (κ3) is 8.73. The Hall–Kier alpha value is -2.24. The van der Waals surface area contributed by atoms with Gasteiger partial charge in [-0.15, -0.1) is 0 Å². The van der Waals surface area contributed by atoms with E-state index in [4.69, 9.17) is 18.9 Å². The van der Waals surface area contributed by atoms with Gasteiger partial charge >= 0.3 is 23.9 Å². The van der Waals surface area contributed by atoms with Crippen molar-refractivity contribution >= 4 is 23.9 Å². The van der Waals surface area contributed by atoms with E-state index in [9.17, 15) is 19.2 Å². The van der Waals surface area contributed by atoms with E-state index in [-0.39, 0.29) is 39.3 Å². The molecule has 0 radical (unpaired) electrons. The molecule has 1 N–H and O–H groups in total. The van der Waals surface area contributed by atoms with E-state index in [2.05, 4.69) is 10.3 Å². The average molecular weight is 502 g/mol. The molecule has 0 aromatic heterocycles. The standard InChI is InChI=1S/C24H43N3O8/c1-9-32-19(28)17(20(29)33-10-2)13-23(5,6)26-15-25-27(16-26)24(7,8)14-18(21(30)34-11-3)22(31)35-12-4/h17-18,25H,9-16H2,1-8H3. The fourth-order valence-electron chi connectivity index (χ4n) is 3.99. The predicted molar refractivity (Wildman–Crippen MR) is 127 cm³/mol. The summed E-state index contributed by atoms with van der Waals surface area (Å²) in [5.41, 5.74) is 2.10. The van der Waals surface area contributed by atoms with Crippen LogP contribution in [0.25, 0.3) is 0 Å². The summed E-state index contributed by atoms with van der Waals surface area (Å²) in [7, 11) is 0. The number of nitrogens with zero attached hydrogens (tertiary/aromatic N) is 2. The summed E-state index contributed by atoms with van der Waals surface area (Å²) in [5.74, 6) is -4.51. The maximum absolute atomic E-state index is 12.5. The van der Waals surface area contributed by atoms with Crippen molar-refractivity contribution in [3.05, 3.63) is 0 Å². The molecule has 0 aromatic rings. The highest BCUT2D eigenvalue weighted by Gasteiger charge is 2.45. The van der Waals surface area contributed by atoms with Gasteiger partial charge in [0, 0.05) is 11.1 Å². The van der Waals surface area contributed by atoms with Crippen LogP contribution in [0.3, 0.4) is 0 Å². The maximum Gasteiger partial charge on any atom is 0.320 e. The topological polar surface area (TPSA) is 124 Å². The summed E-state index contributed by atoms with van der Waals surface area (Å²) in [5, 5.41) is 1.93. The number of ether oxygens (including phenoxy) is 4. The Labute approximate surface area is 208 Å². The molecular weight excluding hydrogens is 458 g/mol. The first kappa shape index (κ1) is 30.8. The molecule has 0 saturated carbocycles. The van der Waals surface area contributed by atoms with Crippen molar-refractivity contribution < 1.29 is 38.1 Å². The van der Waals surface area contributed by atoms with Crippen molar-refractivity contribution in [1.29, 1.82) is 0 Å². The molecule has 0 aliphatic carbocycles. The minimum absolute atomic E-state index is 0.168. The zero-order valence-electron chi connectivity index (χ0n) is 22.5. The van der Waals surface area contributed by atoms with Crippen LogP contribution in [-0.4, -0.2) is 84.6 Å². The quantitative estimate of drug-likeness (QED) is 0.213. The molecule has 1 saturated heterocycles. The van der Waals surface area contributed by atoms with E-state index in [1.165, 1.54) is 0 Å². The van der Waals surface area contributed by atoms with Crippen LogP contribution in [0.2, 0.25) is 0 Å². The Morgan fingerprint density at radius 3 is 1.37 bits per heavy atom. The van der Waals surface area contributed by atoms with Gasteiger partial charge in [0.2, 0.25) is 0 Å². The molecule has 0 spiro atoms. The average Bonchev–Trinajstić information content (AvgIpc) is 3.29. The van der Waals surface area contributed by atoms with Crippen molar-refractivity contribution in [2.45, 2.75) is 79.3 Å². The Morgan fingerprint density at radius 2 is 1.03 bits per heavy atom. The van der Waals surface area contributed by atoms with Crippen molar-refractivity contribution in [3.63, 3.8) is 0 Å². The number of carbonyl (C=O) groups is 4. The number of hydrazine groups is 1. The highest BCUT2D eigenvalue weighted by molar-refractivity contribution is 5.95. The van der Waals surface area contributed by atoms with Crippen LogP contribution < -0.4 is 5.43 Å². The second kappa shape index (κ2) is 13.7. The van der Waals surface area contributed by atoms with Crippen LogP contribution >= 0.6 is 0 Å². The monoisotopic (exact) mass is 501 g/mol. The Balaban J connectivity index is 2.98. The maximum atomic E-state index is 12.5. The number of hydrogen-bond acceptors (Lipinski definition) is 11. The summed E-state index contributed by atoms with van der Waals surface area (Å²) in [6.07, 6.45) is 0.384. The summed E-state index contributed by atoms with van der Waals surface area (Å²) >= 11 is 0. The van der Waals surface area contributed by atoms with E-state index < -0.39 is 46.8 Å². The molecule has 0 unspecified atom stereocenters. The normalized spacial score (nSPS) is 15.4. The minimum Gasteiger partial charge on any atom is -0.465 e. The molecule has 202 valence electrons. The molecule has 0 bridgehead atoms. The van der Waals surface area contributed by atoms with E-state index in [1.54, 1.807) is 27.7 Å². The van der Waals surface area contributed by atoms with Crippen LogP contribution in [0.1, 0.15) is 68.2 Å². The fraction of sp³-hybridized carbons (Fsp3) is 0.833. The van der Waals surface area contributed by atoms with Gasteiger partial charge in [-0.2, -0.15) is 0 Å². The Morgan fingerprint density at radius 1 is 0.686 bits per heavy atom. The molecule has 0 atom stereocenters.